The van der Waals surface area contributed by atoms with Gasteiger partial charge in [0.1, 0.15) is 0 Å². The van der Waals surface area contributed by atoms with E-state index in [1.807, 2.05) is 6.92 Å². The van der Waals surface area contributed by atoms with Gasteiger partial charge >= 0.3 is 5.97 Å². The van der Waals surface area contributed by atoms with E-state index in [4.69, 9.17) is 9.84 Å². The third-order valence-corrected chi connectivity index (χ3v) is 2.93. The second-order valence-corrected chi connectivity index (χ2v) is 4.54. The van der Waals surface area contributed by atoms with Gasteiger partial charge in [-0.25, -0.2) is 0 Å². The first-order valence-electron chi connectivity index (χ1n) is 5.90. The van der Waals surface area contributed by atoms with Crippen LogP contribution >= 0.6 is 0 Å². The topological polar surface area (TPSA) is 49.8 Å². The summed E-state index contributed by atoms with van der Waals surface area (Å²) in [5.74, 6) is -0.290. The molecule has 0 saturated heterocycles. The van der Waals surface area contributed by atoms with Crippen molar-refractivity contribution in [3.05, 3.63) is 0 Å². The van der Waals surface area contributed by atoms with Gasteiger partial charge in [0.2, 0.25) is 0 Å². The molecule has 1 N–H and O–H groups in total. The van der Waals surface area contributed by atoms with Gasteiger partial charge in [0.25, 0.3) is 0 Å². The number of carbonyl (C=O) groups is 1. The minimum atomic E-state index is -0.745. The summed E-state index contributed by atoms with van der Waals surface area (Å²) in [5, 5.41) is 8.82. The fourth-order valence-corrected chi connectivity index (χ4v) is 2.08. The van der Waals surface area contributed by atoms with Crippen LogP contribution in [0.3, 0.4) is 0 Å². The third kappa shape index (κ3) is 4.94. The van der Waals surface area contributed by atoms with Crippen molar-refractivity contribution in [1.82, 2.24) is 4.90 Å². The van der Waals surface area contributed by atoms with Crippen molar-refractivity contribution in [2.24, 2.45) is 5.92 Å². The third-order valence-electron chi connectivity index (χ3n) is 2.93. The number of carboxylic acids is 1. The van der Waals surface area contributed by atoms with Crippen LogP contribution in [-0.2, 0) is 9.53 Å². The molecule has 2 atom stereocenters. The van der Waals surface area contributed by atoms with Crippen molar-refractivity contribution in [2.75, 3.05) is 20.3 Å². The summed E-state index contributed by atoms with van der Waals surface area (Å²) < 4.78 is 5.21. The van der Waals surface area contributed by atoms with Crippen LogP contribution in [0.15, 0.2) is 0 Å². The first-order chi connectivity index (χ1) is 7.43. The monoisotopic (exact) mass is 231 g/mol. The molecular formula is C12H25NO3. The van der Waals surface area contributed by atoms with E-state index in [1.54, 1.807) is 7.11 Å². The fourth-order valence-electron chi connectivity index (χ4n) is 2.08. The Labute approximate surface area is 98.6 Å². The number of carboxylic acid groups (broad SMARTS) is 1. The smallest absolute Gasteiger partial charge is 0.304 e. The van der Waals surface area contributed by atoms with Crippen molar-refractivity contribution in [2.45, 2.75) is 46.2 Å². The standard InChI is InChI=1S/C12H25NO3/c1-6-13(10(4)7-12(14)15)11(8-16-5)9(2)3/h9-11H,6-8H2,1-5H3,(H,14,15). The molecule has 4 heteroatoms. The zero-order valence-electron chi connectivity index (χ0n) is 11.1. The summed E-state index contributed by atoms with van der Waals surface area (Å²) in [6, 6.07) is 0.328. The van der Waals surface area contributed by atoms with Gasteiger partial charge in [0.05, 0.1) is 13.0 Å². The van der Waals surface area contributed by atoms with Crippen LogP contribution < -0.4 is 0 Å². The quantitative estimate of drug-likeness (QED) is 0.692. The van der Waals surface area contributed by atoms with Crippen LogP contribution in [0.1, 0.15) is 34.1 Å². The lowest BCUT2D eigenvalue weighted by Gasteiger charge is -2.37. The predicted molar refractivity (Wildman–Crippen MR) is 64.6 cm³/mol. The van der Waals surface area contributed by atoms with Gasteiger partial charge in [-0.05, 0) is 19.4 Å². The van der Waals surface area contributed by atoms with Gasteiger partial charge in [-0.2, -0.15) is 0 Å². The number of nitrogens with zero attached hydrogens (tertiary/aromatic N) is 1. The van der Waals surface area contributed by atoms with Gasteiger partial charge in [-0.1, -0.05) is 20.8 Å². The van der Waals surface area contributed by atoms with Crippen LogP contribution in [0.2, 0.25) is 0 Å². The van der Waals surface area contributed by atoms with Gasteiger partial charge in [-0.15, -0.1) is 0 Å². The number of methoxy groups -OCH3 is 1. The maximum Gasteiger partial charge on any atom is 0.304 e. The van der Waals surface area contributed by atoms with E-state index in [2.05, 4.69) is 25.7 Å². The molecule has 0 rings (SSSR count). The SMILES string of the molecule is CCN(C(C)CC(=O)O)C(COC)C(C)C. The summed E-state index contributed by atoms with van der Waals surface area (Å²) in [4.78, 5) is 12.9. The summed E-state index contributed by atoms with van der Waals surface area (Å²) in [6.45, 7) is 9.79. The Morgan fingerprint density at radius 3 is 2.25 bits per heavy atom. The minimum Gasteiger partial charge on any atom is -0.481 e. The van der Waals surface area contributed by atoms with Crippen molar-refractivity contribution in [1.29, 1.82) is 0 Å². The van der Waals surface area contributed by atoms with Crippen LogP contribution in [0.25, 0.3) is 0 Å². The van der Waals surface area contributed by atoms with Gasteiger partial charge in [0.15, 0.2) is 0 Å². The molecule has 0 heterocycles. The minimum absolute atomic E-state index is 0.0463. The molecule has 0 amide bonds. The van der Waals surface area contributed by atoms with Crippen molar-refractivity contribution >= 4 is 5.97 Å². The first-order valence-corrected chi connectivity index (χ1v) is 5.90. The molecule has 0 aromatic heterocycles. The lowest BCUT2D eigenvalue weighted by molar-refractivity contribution is -0.138. The number of rotatable bonds is 8. The molecule has 0 spiro atoms. The molecule has 0 aliphatic rings. The molecule has 0 aliphatic heterocycles. The zero-order valence-corrected chi connectivity index (χ0v) is 11.1. The lowest BCUT2D eigenvalue weighted by Crippen LogP contribution is -2.47. The number of aliphatic carboxylic acids is 1. The Morgan fingerprint density at radius 1 is 1.38 bits per heavy atom. The maximum absolute atomic E-state index is 10.7. The van der Waals surface area contributed by atoms with Crippen LogP contribution in [0.4, 0.5) is 0 Å². The summed E-state index contributed by atoms with van der Waals surface area (Å²) in [7, 11) is 1.69. The molecule has 2 unspecified atom stereocenters. The maximum atomic E-state index is 10.7. The Kier molecular flexibility index (Phi) is 7.34. The summed E-state index contributed by atoms with van der Waals surface area (Å²) in [5.41, 5.74) is 0. The molecular weight excluding hydrogens is 206 g/mol. The average molecular weight is 231 g/mol. The summed E-state index contributed by atoms with van der Waals surface area (Å²) in [6.07, 6.45) is 0.181. The molecule has 0 saturated carbocycles. The van der Waals surface area contributed by atoms with E-state index < -0.39 is 5.97 Å². The van der Waals surface area contributed by atoms with Gasteiger partial charge < -0.3 is 9.84 Å². The molecule has 0 aliphatic carbocycles. The molecule has 96 valence electrons. The van der Waals surface area contributed by atoms with Gasteiger partial charge in [0, 0.05) is 19.2 Å². The summed E-state index contributed by atoms with van der Waals surface area (Å²) >= 11 is 0. The molecule has 16 heavy (non-hydrogen) atoms. The largest absolute Gasteiger partial charge is 0.481 e. The number of likely N-dealkylation sites (N-methyl/N-ethyl adjacent to an activating group) is 1. The molecule has 0 radical (unpaired) electrons. The number of hydrogen-bond acceptors (Lipinski definition) is 3. The first kappa shape index (κ1) is 15.4. The molecule has 0 aromatic rings. The van der Waals surface area contributed by atoms with Crippen LogP contribution in [-0.4, -0.2) is 48.3 Å². The Morgan fingerprint density at radius 2 is 1.94 bits per heavy atom. The van der Waals surface area contributed by atoms with Crippen LogP contribution in [0.5, 0.6) is 0 Å². The van der Waals surface area contributed by atoms with E-state index in [9.17, 15) is 4.79 Å². The van der Waals surface area contributed by atoms with E-state index in [-0.39, 0.29) is 18.5 Å². The normalized spacial score (nSPS) is 15.4. The predicted octanol–water partition coefficient (Wildman–Crippen LogP) is 1.84. The molecule has 0 fully saturated rings. The second kappa shape index (κ2) is 7.63. The van der Waals surface area contributed by atoms with E-state index >= 15 is 0 Å². The highest BCUT2D eigenvalue weighted by molar-refractivity contribution is 5.67. The Hall–Kier alpha value is -0.610. The van der Waals surface area contributed by atoms with Crippen molar-refractivity contribution in [3.8, 4) is 0 Å². The highest BCUT2D eigenvalue weighted by atomic mass is 16.5. The lowest BCUT2D eigenvalue weighted by atomic mass is 10.0. The van der Waals surface area contributed by atoms with E-state index in [0.29, 0.717) is 12.5 Å². The van der Waals surface area contributed by atoms with Gasteiger partial charge in [-0.3, -0.25) is 9.69 Å². The Balaban J connectivity index is 4.57. The van der Waals surface area contributed by atoms with E-state index in [1.165, 1.54) is 0 Å². The molecule has 4 nitrogen and oxygen atoms in total. The van der Waals surface area contributed by atoms with Crippen LogP contribution in [0, 0.1) is 5.92 Å². The average Bonchev–Trinajstić information content (AvgIpc) is 2.16. The highest BCUT2D eigenvalue weighted by Crippen LogP contribution is 2.16. The second-order valence-electron chi connectivity index (χ2n) is 4.54. The highest BCUT2D eigenvalue weighted by Gasteiger charge is 2.25. The number of ether oxygens (including phenoxy) is 1. The van der Waals surface area contributed by atoms with Crippen molar-refractivity contribution < 1.29 is 14.6 Å². The molecule has 0 aromatic carbocycles. The van der Waals surface area contributed by atoms with Crippen molar-refractivity contribution in [3.63, 3.8) is 0 Å². The fraction of sp³-hybridized carbons (Fsp3) is 0.917. The molecule has 0 bridgehead atoms. The number of hydrogen-bond donors (Lipinski definition) is 1. The van der Waals surface area contributed by atoms with E-state index in [0.717, 1.165) is 6.54 Å². The Bertz CT molecular complexity index is 206. The zero-order chi connectivity index (χ0) is 12.7.